The Kier molecular flexibility index (Phi) is 4.28. The number of benzene rings is 1. The molecule has 0 atom stereocenters. The molecule has 0 saturated carbocycles. The number of amides is 2. The molecule has 6 heteroatoms. The van der Waals surface area contributed by atoms with E-state index in [0.717, 1.165) is 37.2 Å². The molecule has 2 aromatic rings. The second kappa shape index (κ2) is 6.61. The van der Waals surface area contributed by atoms with E-state index in [9.17, 15) is 9.59 Å². The lowest BCUT2D eigenvalue weighted by atomic mass is 10.1. The largest absolute Gasteiger partial charge is 0.345 e. The summed E-state index contributed by atoms with van der Waals surface area (Å²) in [5.74, 6) is -0.178. The quantitative estimate of drug-likeness (QED) is 0.904. The highest BCUT2D eigenvalue weighted by molar-refractivity contribution is 6.18. The Morgan fingerprint density at radius 2 is 1.88 bits per heavy atom. The zero-order chi connectivity index (χ0) is 18.3. The number of hydrogen-bond donors (Lipinski definition) is 1. The summed E-state index contributed by atoms with van der Waals surface area (Å²) in [6.07, 6.45) is 5.41. The second-order valence-corrected chi connectivity index (χ2v) is 7.16. The van der Waals surface area contributed by atoms with E-state index in [0.29, 0.717) is 23.6 Å². The van der Waals surface area contributed by atoms with Crippen molar-refractivity contribution in [1.82, 2.24) is 9.47 Å². The Labute approximate surface area is 153 Å². The van der Waals surface area contributed by atoms with Crippen LogP contribution >= 0.6 is 0 Å². The van der Waals surface area contributed by atoms with Gasteiger partial charge in [0.1, 0.15) is 5.69 Å². The number of carbonyl (C=O) groups excluding carboxylic acids is 2. The minimum atomic E-state index is -0.184. The van der Waals surface area contributed by atoms with Gasteiger partial charge in [-0.1, -0.05) is 18.6 Å². The van der Waals surface area contributed by atoms with E-state index in [1.165, 1.54) is 6.42 Å². The lowest BCUT2D eigenvalue weighted by molar-refractivity contribution is -0.119. The number of hydrogen-bond acceptors (Lipinski definition) is 3. The van der Waals surface area contributed by atoms with E-state index in [4.69, 9.17) is 0 Å². The Morgan fingerprint density at radius 3 is 2.65 bits per heavy atom. The third-order valence-corrected chi connectivity index (χ3v) is 5.23. The summed E-state index contributed by atoms with van der Waals surface area (Å²) in [7, 11) is 1.84. The van der Waals surface area contributed by atoms with Crippen molar-refractivity contribution in [1.29, 1.82) is 0 Å². The SMILES string of the molecule is Cc1cn(C)c2c1N(C(=O)CN1CCCCC1)c1ccccc1NC2=O. The molecule has 1 aromatic heterocycles. The molecule has 2 aliphatic heterocycles. The summed E-state index contributed by atoms with van der Waals surface area (Å²) >= 11 is 0. The number of nitrogens with one attached hydrogen (secondary N) is 1. The van der Waals surface area contributed by atoms with Crippen molar-refractivity contribution in [2.24, 2.45) is 7.05 Å². The van der Waals surface area contributed by atoms with E-state index < -0.39 is 0 Å². The van der Waals surface area contributed by atoms with E-state index in [1.54, 1.807) is 9.47 Å². The number of para-hydroxylation sites is 2. The van der Waals surface area contributed by atoms with Gasteiger partial charge >= 0.3 is 0 Å². The number of fused-ring (bicyclic) bond motifs is 2. The second-order valence-electron chi connectivity index (χ2n) is 7.16. The Morgan fingerprint density at radius 1 is 1.15 bits per heavy atom. The van der Waals surface area contributed by atoms with Gasteiger partial charge in [0.05, 0.1) is 23.6 Å². The first-order chi connectivity index (χ1) is 12.6. The van der Waals surface area contributed by atoms with E-state index in [1.807, 2.05) is 44.4 Å². The molecule has 0 unspecified atom stereocenters. The van der Waals surface area contributed by atoms with Gasteiger partial charge in [-0.05, 0) is 50.6 Å². The number of carbonyl (C=O) groups is 2. The number of likely N-dealkylation sites (tertiary alicyclic amines) is 1. The standard InChI is InChI=1S/C20H24N4O2/c1-14-12-22(2)19-18(14)24(17(25)13-23-10-6-3-7-11-23)16-9-5-4-8-15(16)21-20(19)26/h4-5,8-9,12H,3,6-7,10-11,13H2,1-2H3,(H,21,26). The zero-order valence-electron chi connectivity index (χ0n) is 15.3. The molecule has 1 N–H and O–H groups in total. The molecule has 3 heterocycles. The van der Waals surface area contributed by atoms with E-state index >= 15 is 0 Å². The van der Waals surface area contributed by atoms with Gasteiger partial charge in [-0.15, -0.1) is 0 Å². The lowest BCUT2D eigenvalue weighted by Crippen LogP contribution is -2.40. The normalized spacial score (nSPS) is 17.3. The van der Waals surface area contributed by atoms with E-state index in [-0.39, 0.29) is 11.8 Å². The highest BCUT2D eigenvalue weighted by Crippen LogP contribution is 2.40. The molecular weight excluding hydrogens is 328 g/mol. The minimum Gasteiger partial charge on any atom is -0.345 e. The molecule has 2 amide bonds. The number of nitrogens with zero attached hydrogens (tertiary/aromatic N) is 3. The van der Waals surface area contributed by atoms with Gasteiger partial charge in [0.2, 0.25) is 5.91 Å². The van der Waals surface area contributed by atoms with Crippen LogP contribution in [0.1, 0.15) is 35.3 Å². The monoisotopic (exact) mass is 352 g/mol. The van der Waals surface area contributed by atoms with Crippen molar-refractivity contribution >= 4 is 28.9 Å². The molecule has 26 heavy (non-hydrogen) atoms. The van der Waals surface area contributed by atoms with Gasteiger partial charge < -0.3 is 9.88 Å². The van der Waals surface area contributed by atoms with Crippen molar-refractivity contribution < 1.29 is 9.59 Å². The summed E-state index contributed by atoms with van der Waals surface area (Å²) < 4.78 is 1.80. The topological polar surface area (TPSA) is 57.6 Å². The fourth-order valence-corrected chi connectivity index (χ4v) is 4.03. The number of aromatic nitrogens is 1. The minimum absolute atomic E-state index is 0.00593. The van der Waals surface area contributed by atoms with Crippen LogP contribution in [0.15, 0.2) is 30.5 Å². The van der Waals surface area contributed by atoms with Crippen LogP contribution in [0.3, 0.4) is 0 Å². The highest BCUT2D eigenvalue weighted by atomic mass is 16.2. The third kappa shape index (κ3) is 2.80. The van der Waals surface area contributed by atoms with Crippen LogP contribution < -0.4 is 10.2 Å². The van der Waals surface area contributed by atoms with Gasteiger partial charge in [0.25, 0.3) is 5.91 Å². The summed E-state index contributed by atoms with van der Waals surface area (Å²) in [4.78, 5) is 30.1. The van der Waals surface area contributed by atoms with Crippen LogP contribution in [0, 0.1) is 6.92 Å². The molecular formula is C20H24N4O2. The Bertz CT molecular complexity index is 865. The summed E-state index contributed by atoms with van der Waals surface area (Å²) in [6.45, 7) is 4.23. The summed E-state index contributed by atoms with van der Waals surface area (Å²) in [5.41, 5.74) is 3.53. The molecule has 1 saturated heterocycles. The predicted molar refractivity (Wildman–Crippen MR) is 102 cm³/mol. The summed E-state index contributed by atoms with van der Waals surface area (Å²) in [5, 5.41) is 2.95. The number of piperidine rings is 1. The highest BCUT2D eigenvalue weighted by Gasteiger charge is 2.33. The van der Waals surface area contributed by atoms with Crippen molar-refractivity contribution in [2.45, 2.75) is 26.2 Å². The van der Waals surface area contributed by atoms with Gasteiger partial charge in [-0.25, -0.2) is 0 Å². The van der Waals surface area contributed by atoms with Crippen LogP contribution in [0.2, 0.25) is 0 Å². The number of rotatable bonds is 2. The first kappa shape index (κ1) is 16.8. The maximum absolute atomic E-state index is 13.3. The molecule has 1 aromatic carbocycles. The van der Waals surface area contributed by atoms with Crippen LogP contribution in [0.4, 0.5) is 17.1 Å². The predicted octanol–water partition coefficient (Wildman–Crippen LogP) is 3.05. The van der Waals surface area contributed by atoms with Crippen LogP contribution in [0.5, 0.6) is 0 Å². The van der Waals surface area contributed by atoms with Crippen LogP contribution in [-0.4, -0.2) is 40.9 Å². The molecule has 136 valence electrons. The third-order valence-electron chi connectivity index (χ3n) is 5.23. The molecule has 1 fully saturated rings. The van der Waals surface area contributed by atoms with Gasteiger partial charge in [0, 0.05) is 13.2 Å². The van der Waals surface area contributed by atoms with Gasteiger partial charge in [-0.2, -0.15) is 0 Å². The molecule has 4 rings (SSSR count). The molecule has 6 nitrogen and oxygen atoms in total. The first-order valence-electron chi connectivity index (χ1n) is 9.18. The molecule has 0 spiro atoms. The van der Waals surface area contributed by atoms with Crippen molar-refractivity contribution in [2.75, 3.05) is 29.9 Å². The molecule has 0 bridgehead atoms. The fourth-order valence-electron chi connectivity index (χ4n) is 4.03. The molecule has 0 aliphatic carbocycles. The molecule has 0 radical (unpaired) electrons. The smallest absolute Gasteiger partial charge is 0.274 e. The maximum Gasteiger partial charge on any atom is 0.274 e. The number of aryl methyl sites for hydroxylation is 2. The average Bonchev–Trinajstić information content (AvgIpc) is 2.83. The maximum atomic E-state index is 13.3. The number of anilines is 3. The lowest BCUT2D eigenvalue weighted by Gasteiger charge is -2.30. The Hall–Kier alpha value is -2.60. The zero-order valence-corrected chi connectivity index (χ0v) is 15.3. The van der Waals surface area contributed by atoms with Crippen molar-refractivity contribution in [3.05, 3.63) is 41.7 Å². The first-order valence-corrected chi connectivity index (χ1v) is 9.18. The van der Waals surface area contributed by atoms with Crippen molar-refractivity contribution in [3.8, 4) is 0 Å². The summed E-state index contributed by atoms with van der Waals surface area (Å²) in [6, 6.07) is 7.51. The van der Waals surface area contributed by atoms with Crippen molar-refractivity contribution in [3.63, 3.8) is 0 Å². The van der Waals surface area contributed by atoms with Crippen LogP contribution in [0.25, 0.3) is 0 Å². The Balaban J connectivity index is 1.80. The van der Waals surface area contributed by atoms with E-state index in [2.05, 4.69) is 10.2 Å². The van der Waals surface area contributed by atoms with Gasteiger partial charge in [0.15, 0.2) is 0 Å². The average molecular weight is 352 g/mol. The van der Waals surface area contributed by atoms with Gasteiger partial charge in [-0.3, -0.25) is 19.4 Å². The molecule has 2 aliphatic rings. The van der Waals surface area contributed by atoms with Crippen LogP contribution in [-0.2, 0) is 11.8 Å². The fraction of sp³-hybridized carbons (Fsp3) is 0.400.